The molecule has 3 N–H and O–H groups in total. The molecule has 7 nitrogen and oxygen atoms in total. The molecule has 0 fully saturated rings. The van der Waals surface area contributed by atoms with Gasteiger partial charge >= 0.3 is 0 Å². The third-order valence-electron chi connectivity index (χ3n) is 6.02. The Hall–Kier alpha value is -3.58. The summed E-state index contributed by atoms with van der Waals surface area (Å²) in [6.07, 6.45) is 4.29. The van der Waals surface area contributed by atoms with Crippen LogP contribution in [0.1, 0.15) is 40.6 Å². The van der Waals surface area contributed by atoms with E-state index in [0.29, 0.717) is 5.15 Å². The Balaban J connectivity index is 1.63. The number of halogens is 1. The molecule has 2 unspecified atom stereocenters. The minimum atomic E-state index is 0.0904. The molecule has 0 aliphatic heterocycles. The number of nitrogens with one attached hydrogen (secondary N) is 1. The Bertz CT molecular complexity index is 1270. The van der Waals surface area contributed by atoms with E-state index in [1.807, 2.05) is 23.7 Å². The van der Waals surface area contributed by atoms with Crippen molar-refractivity contribution in [3.05, 3.63) is 88.6 Å². The highest BCUT2D eigenvalue weighted by atomic mass is 35.5. The van der Waals surface area contributed by atoms with Crippen LogP contribution in [0.3, 0.4) is 0 Å². The monoisotopic (exact) mass is 446 g/mol. The molecule has 0 amide bonds. The standard InChI is InChI=1S/C24H23ClN6O/c1-27-23-21-16(11-17(14-6-4-3-5-7-14)22(21)29-24(26)30-23)15-8-9-18(19(10-15)32-2)31-12-20(25)28-13-31/h3-10,12-13,16-17H,11H2,1-2H3,(H3,26,27,29,30). The minimum Gasteiger partial charge on any atom is -0.495 e. The van der Waals surface area contributed by atoms with Crippen molar-refractivity contribution in [2.75, 3.05) is 25.2 Å². The first-order valence-corrected chi connectivity index (χ1v) is 10.7. The van der Waals surface area contributed by atoms with Crippen LogP contribution in [0.4, 0.5) is 11.8 Å². The maximum atomic E-state index is 6.06. The van der Waals surface area contributed by atoms with Gasteiger partial charge < -0.3 is 20.4 Å². The molecule has 162 valence electrons. The van der Waals surface area contributed by atoms with E-state index in [0.717, 1.165) is 40.5 Å². The average molecular weight is 447 g/mol. The molecule has 0 saturated carbocycles. The summed E-state index contributed by atoms with van der Waals surface area (Å²) in [5.74, 6) is 2.00. The van der Waals surface area contributed by atoms with Gasteiger partial charge in [-0.2, -0.15) is 4.98 Å². The molecule has 4 aromatic rings. The van der Waals surface area contributed by atoms with Crippen LogP contribution in [0.15, 0.2) is 61.1 Å². The molecule has 0 bridgehead atoms. The van der Waals surface area contributed by atoms with Crippen LogP contribution < -0.4 is 15.8 Å². The highest BCUT2D eigenvalue weighted by Gasteiger charge is 2.37. The number of fused-ring (bicyclic) bond motifs is 1. The van der Waals surface area contributed by atoms with Gasteiger partial charge in [-0.25, -0.2) is 9.97 Å². The normalized spacial score (nSPS) is 17.2. The molecule has 0 spiro atoms. The first-order valence-electron chi connectivity index (χ1n) is 10.4. The van der Waals surface area contributed by atoms with E-state index in [1.165, 1.54) is 5.56 Å². The fourth-order valence-electron chi connectivity index (χ4n) is 4.61. The number of anilines is 2. The SMILES string of the molecule is CNc1nc(N)nc2c1C(c1ccc(-n3cnc(Cl)c3)c(OC)c1)CC2c1ccccc1. The van der Waals surface area contributed by atoms with Crippen molar-refractivity contribution in [2.45, 2.75) is 18.3 Å². The highest BCUT2D eigenvalue weighted by Crippen LogP contribution is 2.50. The molecule has 8 heteroatoms. The Kier molecular flexibility index (Phi) is 5.19. The second-order valence-electron chi connectivity index (χ2n) is 7.77. The van der Waals surface area contributed by atoms with Crippen LogP contribution in [0.25, 0.3) is 5.69 Å². The van der Waals surface area contributed by atoms with Crippen LogP contribution in [-0.2, 0) is 0 Å². The van der Waals surface area contributed by atoms with E-state index in [1.54, 1.807) is 19.6 Å². The summed E-state index contributed by atoms with van der Waals surface area (Å²) in [5, 5.41) is 3.65. The first-order chi connectivity index (χ1) is 15.6. The van der Waals surface area contributed by atoms with Gasteiger partial charge in [-0.1, -0.05) is 48.0 Å². The summed E-state index contributed by atoms with van der Waals surface area (Å²) in [6.45, 7) is 0. The molecule has 1 aliphatic carbocycles. The third kappa shape index (κ3) is 3.44. The van der Waals surface area contributed by atoms with Gasteiger partial charge in [0, 0.05) is 30.6 Å². The third-order valence-corrected chi connectivity index (χ3v) is 6.21. The lowest BCUT2D eigenvalue weighted by Crippen LogP contribution is -2.09. The summed E-state index contributed by atoms with van der Waals surface area (Å²) < 4.78 is 7.58. The number of methoxy groups -OCH3 is 1. The number of ether oxygens (including phenoxy) is 1. The minimum absolute atomic E-state index is 0.0904. The Morgan fingerprint density at radius 1 is 1.09 bits per heavy atom. The summed E-state index contributed by atoms with van der Waals surface area (Å²) in [6, 6.07) is 16.6. The number of hydrogen-bond acceptors (Lipinski definition) is 6. The number of nitrogen functional groups attached to an aromatic ring is 1. The topological polar surface area (TPSA) is 90.9 Å². The zero-order valence-electron chi connectivity index (χ0n) is 17.8. The molecule has 2 atom stereocenters. The first kappa shape index (κ1) is 20.3. The van der Waals surface area contributed by atoms with E-state index in [4.69, 9.17) is 22.1 Å². The smallest absolute Gasteiger partial charge is 0.222 e. The number of imidazole rings is 1. The second kappa shape index (κ2) is 8.16. The van der Waals surface area contributed by atoms with Gasteiger partial charge in [-0.15, -0.1) is 0 Å². The van der Waals surface area contributed by atoms with Crippen LogP contribution in [0.5, 0.6) is 5.75 Å². The van der Waals surface area contributed by atoms with Crippen LogP contribution in [-0.4, -0.2) is 33.7 Å². The van der Waals surface area contributed by atoms with E-state index in [-0.39, 0.29) is 17.8 Å². The zero-order chi connectivity index (χ0) is 22.2. The van der Waals surface area contributed by atoms with Gasteiger partial charge in [0.05, 0.1) is 18.5 Å². The van der Waals surface area contributed by atoms with Crippen molar-refractivity contribution < 1.29 is 4.74 Å². The van der Waals surface area contributed by atoms with Crippen LogP contribution in [0.2, 0.25) is 5.15 Å². The van der Waals surface area contributed by atoms with Crippen LogP contribution in [0, 0.1) is 0 Å². The molecular weight excluding hydrogens is 424 g/mol. The number of hydrogen-bond donors (Lipinski definition) is 2. The van der Waals surface area contributed by atoms with Gasteiger partial charge in [0.2, 0.25) is 5.95 Å². The molecular formula is C24H23ClN6O. The number of nitrogens with zero attached hydrogens (tertiary/aromatic N) is 4. The summed E-state index contributed by atoms with van der Waals surface area (Å²) >= 11 is 6.01. The second-order valence-corrected chi connectivity index (χ2v) is 8.15. The molecule has 0 saturated heterocycles. The number of benzene rings is 2. The summed E-state index contributed by atoms with van der Waals surface area (Å²) in [4.78, 5) is 13.3. The molecule has 5 rings (SSSR count). The number of nitrogens with two attached hydrogens (primary N) is 1. The quantitative estimate of drug-likeness (QED) is 0.465. The van der Waals surface area contributed by atoms with Crippen molar-refractivity contribution in [3.63, 3.8) is 0 Å². The number of rotatable bonds is 5. The Labute approximate surface area is 191 Å². The maximum absolute atomic E-state index is 6.06. The Morgan fingerprint density at radius 3 is 2.59 bits per heavy atom. The van der Waals surface area contributed by atoms with E-state index < -0.39 is 0 Å². The van der Waals surface area contributed by atoms with Gasteiger partial charge in [-0.05, 0) is 29.7 Å². The van der Waals surface area contributed by atoms with Crippen molar-refractivity contribution in [1.82, 2.24) is 19.5 Å². The van der Waals surface area contributed by atoms with Crippen molar-refractivity contribution in [1.29, 1.82) is 0 Å². The van der Waals surface area contributed by atoms with E-state index >= 15 is 0 Å². The fraction of sp³-hybridized carbons (Fsp3) is 0.208. The summed E-state index contributed by atoms with van der Waals surface area (Å²) in [5.41, 5.74) is 11.3. The van der Waals surface area contributed by atoms with Crippen molar-refractivity contribution in [2.24, 2.45) is 0 Å². The van der Waals surface area contributed by atoms with Crippen LogP contribution >= 0.6 is 11.6 Å². The number of aromatic nitrogens is 4. The molecule has 2 heterocycles. The molecule has 2 aromatic carbocycles. The summed E-state index contributed by atoms with van der Waals surface area (Å²) in [7, 11) is 3.53. The zero-order valence-corrected chi connectivity index (χ0v) is 18.5. The predicted molar refractivity (Wildman–Crippen MR) is 126 cm³/mol. The van der Waals surface area contributed by atoms with Crippen molar-refractivity contribution in [3.8, 4) is 11.4 Å². The average Bonchev–Trinajstić information content (AvgIpc) is 3.42. The largest absolute Gasteiger partial charge is 0.495 e. The maximum Gasteiger partial charge on any atom is 0.222 e. The van der Waals surface area contributed by atoms with Gasteiger partial charge in [0.1, 0.15) is 23.0 Å². The molecule has 1 aliphatic rings. The fourth-order valence-corrected chi connectivity index (χ4v) is 4.76. The van der Waals surface area contributed by atoms with Crippen molar-refractivity contribution >= 4 is 23.4 Å². The van der Waals surface area contributed by atoms with Gasteiger partial charge in [0.25, 0.3) is 0 Å². The van der Waals surface area contributed by atoms with Gasteiger partial charge in [-0.3, -0.25) is 0 Å². The van der Waals surface area contributed by atoms with E-state index in [2.05, 4.69) is 56.7 Å². The molecule has 0 radical (unpaired) electrons. The lowest BCUT2D eigenvalue weighted by molar-refractivity contribution is 0.412. The predicted octanol–water partition coefficient (Wildman–Crippen LogP) is 4.62. The van der Waals surface area contributed by atoms with Gasteiger partial charge in [0.15, 0.2) is 0 Å². The Morgan fingerprint density at radius 2 is 1.91 bits per heavy atom. The molecule has 2 aromatic heterocycles. The van der Waals surface area contributed by atoms with E-state index in [9.17, 15) is 0 Å². The molecule has 32 heavy (non-hydrogen) atoms. The highest BCUT2D eigenvalue weighted by molar-refractivity contribution is 6.29. The lowest BCUT2D eigenvalue weighted by Gasteiger charge is -2.18. The lowest BCUT2D eigenvalue weighted by atomic mass is 9.90.